The zero-order valence-electron chi connectivity index (χ0n) is 9.81. The average molecular weight is 335 g/mol. The highest BCUT2D eigenvalue weighted by Crippen LogP contribution is 2.27. The lowest BCUT2D eigenvalue weighted by molar-refractivity contribution is 0.0979. The Kier molecular flexibility index (Phi) is 4.36. The van der Waals surface area contributed by atoms with Gasteiger partial charge in [0.2, 0.25) is 0 Å². The van der Waals surface area contributed by atoms with E-state index in [1.165, 1.54) is 0 Å². The van der Waals surface area contributed by atoms with E-state index in [1.807, 2.05) is 12.1 Å². The van der Waals surface area contributed by atoms with Crippen LogP contribution in [0.25, 0.3) is 0 Å². The second-order valence-corrected chi connectivity index (χ2v) is 5.28. The van der Waals surface area contributed by atoms with Gasteiger partial charge in [-0.25, -0.2) is 0 Å². The predicted molar refractivity (Wildman–Crippen MR) is 78.3 cm³/mol. The lowest BCUT2D eigenvalue weighted by atomic mass is 9.92. The van der Waals surface area contributed by atoms with Crippen molar-refractivity contribution in [3.05, 3.63) is 69.2 Å². The van der Waals surface area contributed by atoms with E-state index in [1.54, 1.807) is 42.5 Å². The molecule has 2 nitrogen and oxygen atoms in total. The molecule has 0 aliphatic heterocycles. The minimum absolute atomic E-state index is 0.292. The van der Waals surface area contributed by atoms with Crippen molar-refractivity contribution in [1.29, 1.82) is 5.26 Å². The number of benzene rings is 2. The number of carbonyl (C=O) groups is 1. The first-order valence-corrected chi connectivity index (χ1v) is 6.74. The van der Waals surface area contributed by atoms with Crippen molar-refractivity contribution in [3.8, 4) is 6.07 Å². The second kappa shape index (κ2) is 6.01. The average Bonchev–Trinajstić information content (AvgIpc) is 2.43. The van der Waals surface area contributed by atoms with E-state index in [2.05, 4.69) is 15.9 Å². The smallest absolute Gasteiger partial charge is 0.185 e. The maximum absolute atomic E-state index is 12.4. The van der Waals surface area contributed by atoms with Gasteiger partial charge < -0.3 is 0 Å². The monoisotopic (exact) mass is 333 g/mol. The molecule has 0 saturated heterocycles. The molecule has 0 saturated carbocycles. The standard InChI is InChI=1S/C15H9BrClNO/c16-11-6-7-14(17)12(8-11)15(19)13(9-18)10-4-2-1-3-5-10/h1-8,13H. The van der Waals surface area contributed by atoms with Gasteiger partial charge in [0.05, 0.1) is 11.1 Å². The second-order valence-electron chi connectivity index (χ2n) is 3.96. The first-order valence-electron chi connectivity index (χ1n) is 5.57. The Morgan fingerprint density at radius 3 is 2.53 bits per heavy atom. The van der Waals surface area contributed by atoms with Crippen molar-refractivity contribution in [2.45, 2.75) is 5.92 Å². The first-order chi connectivity index (χ1) is 9.13. The summed E-state index contributed by atoms with van der Waals surface area (Å²) in [6.07, 6.45) is 0. The summed E-state index contributed by atoms with van der Waals surface area (Å²) in [5.74, 6) is -1.13. The molecule has 19 heavy (non-hydrogen) atoms. The zero-order valence-corrected chi connectivity index (χ0v) is 12.1. The van der Waals surface area contributed by atoms with E-state index in [9.17, 15) is 10.1 Å². The Hall–Kier alpha value is -1.63. The fourth-order valence-corrected chi connectivity index (χ4v) is 2.34. The molecule has 0 fully saturated rings. The van der Waals surface area contributed by atoms with Crippen LogP contribution in [0.3, 0.4) is 0 Å². The first kappa shape index (κ1) is 13.8. The van der Waals surface area contributed by atoms with Crippen LogP contribution in [0.5, 0.6) is 0 Å². The van der Waals surface area contributed by atoms with Gasteiger partial charge in [-0.05, 0) is 23.8 Å². The lowest BCUT2D eigenvalue weighted by Gasteiger charge is -2.10. The van der Waals surface area contributed by atoms with Crippen LogP contribution in [-0.4, -0.2) is 5.78 Å². The molecule has 0 spiro atoms. The molecule has 4 heteroatoms. The molecular formula is C15H9BrClNO. The number of ketones is 1. The molecule has 0 radical (unpaired) electrons. The van der Waals surface area contributed by atoms with Crippen LogP contribution in [0.15, 0.2) is 53.0 Å². The van der Waals surface area contributed by atoms with Gasteiger partial charge in [0.1, 0.15) is 5.92 Å². The Morgan fingerprint density at radius 1 is 1.21 bits per heavy atom. The fraction of sp³-hybridized carbons (Fsp3) is 0.0667. The summed E-state index contributed by atoms with van der Waals surface area (Å²) in [5, 5.41) is 9.60. The Bertz CT molecular complexity index is 649. The van der Waals surface area contributed by atoms with Crippen LogP contribution >= 0.6 is 27.5 Å². The van der Waals surface area contributed by atoms with Crippen LogP contribution in [0.1, 0.15) is 21.8 Å². The van der Waals surface area contributed by atoms with Crippen LogP contribution in [-0.2, 0) is 0 Å². The third-order valence-electron chi connectivity index (χ3n) is 2.72. The zero-order chi connectivity index (χ0) is 13.8. The van der Waals surface area contributed by atoms with Crippen molar-refractivity contribution in [3.63, 3.8) is 0 Å². The highest BCUT2D eigenvalue weighted by atomic mass is 79.9. The largest absolute Gasteiger partial charge is 0.292 e. The summed E-state index contributed by atoms with van der Waals surface area (Å²) in [6, 6.07) is 16.0. The molecule has 2 rings (SSSR count). The molecule has 94 valence electrons. The van der Waals surface area contributed by atoms with Crippen molar-refractivity contribution in [2.75, 3.05) is 0 Å². The van der Waals surface area contributed by atoms with Crippen molar-refractivity contribution in [2.24, 2.45) is 0 Å². The Balaban J connectivity index is 2.43. The summed E-state index contributed by atoms with van der Waals surface area (Å²) < 4.78 is 0.755. The molecule has 0 amide bonds. The normalized spacial score (nSPS) is 11.6. The quantitative estimate of drug-likeness (QED) is 0.770. The maximum Gasteiger partial charge on any atom is 0.185 e. The predicted octanol–water partition coefficient (Wildman–Crippen LogP) is 4.59. The number of halogens is 2. The molecule has 1 atom stereocenters. The number of rotatable bonds is 3. The summed E-state index contributed by atoms with van der Waals surface area (Å²) in [6.45, 7) is 0. The van der Waals surface area contributed by atoms with Crippen LogP contribution in [0, 0.1) is 11.3 Å². The number of nitriles is 1. The number of carbonyl (C=O) groups excluding carboxylic acids is 1. The lowest BCUT2D eigenvalue weighted by Crippen LogP contribution is -2.11. The molecule has 0 bridgehead atoms. The molecule has 0 aliphatic carbocycles. The summed E-state index contributed by atoms with van der Waals surface area (Å²) >= 11 is 9.33. The van der Waals surface area contributed by atoms with Crippen LogP contribution in [0.4, 0.5) is 0 Å². The van der Waals surface area contributed by atoms with E-state index in [0.717, 1.165) is 4.47 Å². The highest BCUT2D eigenvalue weighted by Gasteiger charge is 2.23. The van der Waals surface area contributed by atoms with Crippen LogP contribution in [0.2, 0.25) is 5.02 Å². The van der Waals surface area contributed by atoms with Gasteiger partial charge in [0, 0.05) is 10.0 Å². The van der Waals surface area contributed by atoms with Crippen molar-refractivity contribution < 1.29 is 4.79 Å². The maximum atomic E-state index is 12.4. The molecule has 1 unspecified atom stereocenters. The fourth-order valence-electron chi connectivity index (χ4n) is 1.77. The van der Waals surface area contributed by atoms with E-state index < -0.39 is 5.92 Å². The van der Waals surface area contributed by atoms with E-state index in [0.29, 0.717) is 16.1 Å². The minimum atomic E-state index is -0.840. The van der Waals surface area contributed by atoms with Gasteiger partial charge in [-0.2, -0.15) is 5.26 Å². The molecule has 2 aromatic carbocycles. The molecular weight excluding hydrogens is 326 g/mol. The summed E-state index contributed by atoms with van der Waals surface area (Å²) in [5.41, 5.74) is 1.03. The van der Waals surface area contributed by atoms with E-state index in [4.69, 9.17) is 11.6 Å². The van der Waals surface area contributed by atoms with Gasteiger partial charge in [0.25, 0.3) is 0 Å². The minimum Gasteiger partial charge on any atom is -0.292 e. The summed E-state index contributed by atoms with van der Waals surface area (Å²) in [4.78, 5) is 12.4. The number of Topliss-reactive ketones (excluding diaryl/α,β-unsaturated/α-hetero) is 1. The van der Waals surface area contributed by atoms with E-state index >= 15 is 0 Å². The topological polar surface area (TPSA) is 40.9 Å². The number of hydrogen-bond donors (Lipinski definition) is 0. The van der Waals surface area contributed by atoms with Gasteiger partial charge in [-0.1, -0.05) is 57.9 Å². The van der Waals surface area contributed by atoms with Gasteiger partial charge >= 0.3 is 0 Å². The van der Waals surface area contributed by atoms with Gasteiger partial charge in [-0.3, -0.25) is 4.79 Å². The van der Waals surface area contributed by atoms with Gasteiger partial charge in [0.15, 0.2) is 5.78 Å². The molecule has 0 aromatic heterocycles. The van der Waals surface area contributed by atoms with Crippen molar-refractivity contribution in [1.82, 2.24) is 0 Å². The SMILES string of the molecule is N#CC(C(=O)c1cc(Br)ccc1Cl)c1ccccc1. The Labute approximate surface area is 124 Å². The Morgan fingerprint density at radius 2 is 1.89 bits per heavy atom. The number of nitrogens with zero attached hydrogens (tertiary/aromatic N) is 1. The van der Waals surface area contributed by atoms with Crippen molar-refractivity contribution >= 4 is 33.3 Å². The number of hydrogen-bond acceptors (Lipinski definition) is 2. The summed E-state index contributed by atoms with van der Waals surface area (Å²) in [7, 11) is 0. The molecule has 0 N–H and O–H groups in total. The third kappa shape index (κ3) is 3.04. The molecule has 2 aromatic rings. The van der Waals surface area contributed by atoms with E-state index in [-0.39, 0.29) is 5.78 Å². The molecule has 0 heterocycles. The molecule has 0 aliphatic rings. The highest BCUT2D eigenvalue weighted by molar-refractivity contribution is 9.10. The van der Waals surface area contributed by atoms with Crippen LogP contribution < -0.4 is 0 Å². The van der Waals surface area contributed by atoms with Gasteiger partial charge in [-0.15, -0.1) is 0 Å². The third-order valence-corrected chi connectivity index (χ3v) is 3.54.